The number of nitrogens with one attached hydrogen (secondary N) is 2. The number of hydrogen-bond donors (Lipinski definition) is 2. The molecule has 27 heavy (non-hydrogen) atoms. The Labute approximate surface area is 159 Å². The highest BCUT2D eigenvalue weighted by atomic mass is 16.5. The van der Waals surface area contributed by atoms with Crippen molar-refractivity contribution >= 4 is 11.6 Å². The fraction of sp³-hybridized carbons (Fsp3) is 0.350. The first-order chi connectivity index (χ1) is 13.2. The molecule has 7 heteroatoms. The first-order valence-electron chi connectivity index (χ1n) is 9.15. The third kappa shape index (κ3) is 4.75. The van der Waals surface area contributed by atoms with Crippen LogP contribution >= 0.6 is 0 Å². The molecule has 0 spiro atoms. The second kappa shape index (κ2) is 9.02. The second-order valence-corrected chi connectivity index (χ2v) is 6.23. The maximum absolute atomic E-state index is 5.45. The molecule has 2 heterocycles. The van der Waals surface area contributed by atoms with Crippen molar-refractivity contribution in [3.8, 4) is 5.75 Å². The van der Waals surface area contributed by atoms with Crippen LogP contribution in [0.5, 0.6) is 5.75 Å². The standard InChI is InChI=1S/C20H26N6O/c1-4-21-20(22-11-10-16-13-15(2)8-9-17(16)27-3)23-14-19-25-24-18-7-5-6-12-26(18)19/h5-9,12-13H,4,10-11,14H2,1-3H3,(H2,21,22,23). The number of aryl methyl sites for hydroxylation is 1. The summed E-state index contributed by atoms with van der Waals surface area (Å²) in [5.41, 5.74) is 3.24. The SMILES string of the molecule is CCNC(=NCc1nnc2ccccn12)NCCc1cc(C)ccc1OC. The lowest BCUT2D eigenvalue weighted by Crippen LogP contribution is -2.38. The van der Waals surface area contributed by atoms with Gasteiger partial charge in [0.1, 0.15) is 12.3 Å². The summed E-state index contributed by atoms with van der Waals surface area (Å²) in [5, 5.41) is 15.0. The number of methoxy groups -OCH3 is 1. The number of nitrogens with zero attached hydrogens (tertiary/aromatic N) is 4. The summed E-state index contributed by atoms with van der Waals surface area (Å²) in [7, 11) is 1.70. The Kier molecular flexibility index (Phi) is 6.25. The van der Waals surface area contributed by atoms with E-state index in [2.05, 4.69) is 44.9 Å². The number of benzene rings is 1. The van der Waals surface area contributed by atoms with E-state index in [-0.39, 0.29) is 0 Å². The molecule has 3 rings (SSSR count). The van der Waals surface area contributed by atoms with Gasteiger partial charge in [-0.2, -0.15) is 0 Å². The Morgan fingerprint density at radius 3 is 2.89 bits per heavy atom. The lowest BCUT2D eigenvalue weighted by Gasteiger charge is -2.13. The van der Waals surface area contributed by atoms with Crippen LogP contribution in [-0.2, 0) is 13.0 Å². The van der Waals surface area contributed by atoms with Gasteiger partial charge in [-0.1, -0.05) is 23.8 Å². The van der Waals surface area contributed by atoms with E-state index in [0.29, 0.717) is 6.54 Å². The van der Waals surface area contributed by atoms with Gasteiger partial charge in [0, 0.05) is 19.3 Å². The van der Waals surface area contributed by atoms with Crippen molar-refractivity contribution in [2.24, 2.45) is 4.99 Å². The van der Waals surface area contributed by atoms with Gasteiger partial charge < -0.3 is 15.4 Å². The summed E-state index contributed by atoms with van der Waals surface area (Å²) in [6.07, 6.45) is 2.80. The van der Waals surface area contributed by atoms with Gasteiger partial charge in [-0.05, 0) is 44.0 Å². The maximum Gasteiger partial charge on any atom is 0.191 e. The van der Waals surface area contributed by atoms with Crippen LogP contribution in [0, 0.1) is 6.92 Å². The summed E-state index contributed by atoms with van der Waals surface area (Å²) in [4.78, 5) is 4.64. The van der Waals surface area contributed by atoms with Crippen LogP contribution in [0.1, 0.15) is 23.9 Å². The summed E-state index contributed by atoms with van der Waals surface area (Å²) in [6.45, 7) is 6.14. The van der Waals surface area contributed by atoms with Crippen molar-refractivity contribution in [3.63, 3.8) is 0 Å². The lowest BCUT2D eigenvalue weighted by atomic mass is 10.1. The molecular formula is C20H26N6O. The molecule has 0 aliphatic heterocycles. The Morgan fingerprint density at radius 2 is 2.07 bits per heavy atom. The Bertz CT molecular complexity index is 918. The molecule has 0 atom stereocenters. The average molecular weight is 366 g/mol. The average Bonchev–Trinajstić information content (AvgIpc) is 3.09. The van der Waals surface area contributed by atoms with Crippen molar-refractivity contribution in [1.29, 1.82) is 0 Å². The highest BCUT2D eigenvalue weighted by molar-refractivity contribution is 5.79. The number of aliphatic imine (C=N–C) groups is 1. The van der Waals surface area contributed by atoms with Gasteiger partial charge in [-0.15, -0.1) is 10.2 Å². The summed E-state index contributed by atoms with van der Waals surface area (Å²) in [6, 6.07) is 12.1. The van der Waals surface area contributed by atoms with Gasteiger partial charge in [-0.3, -0.25) is 4.40 Å². The van der Waals surface area contributed by atoms with E-state index in [1.54, 1.807) is 7.11 Å². The van der Waals surface area contributed by atoms with E-state index in [9.17, 15) is 0 Å². The van der Waals surface area contributed by atoms with Gasteiger partial charge in [0.05, 0.1) is 7.11 Å². The predicted octanol–water partition coefficient (Wildman–Crippen LogP) is 2.34. The van der Waals surface area contributed by atoms with E-state index in [1.165, 1.54) is 11.1 Å². The third-order valence-electron chi connectivity index (χ3n) is 4.23. The molecule has 0 unspecified atom stereocenters. The van der Waals surface area contributed by atoms with E-state index >= 15 is 0 Å². The first kappa shape index (κ1) is 18.7. The maximum atomic E-state index is 5.45. The largest absolute Gasteiger partial charge is 0.496 e. The minimum Gasteiger partial charge on any atom is -0.496 e. The van der Waals surface area contributed by atoms with Gasteiger partial charge in [0.15, 0.2) is 17.4 Å². The van der Waals surface area contributed by atoms with Crippen molar-refractivity contribution in [2.75, 3.05) is 20.2 Å². The number of ether oxygens (including phenoxy) is 1. The summed E-state index contributed by atoms with van der Waals surface area (Å²) >= 11 is 0. The molecule has 0 bridgehead atoms. The van der Waals surface area contributed by atoms with Gasteiger partial charge in [0.25, 0.3) is 0 Å². The molecule has 0 aliphatic carbocycles. The van der Waals surface area contributed by atoms with Gasteiger partial charge in [0.2, 0.25) is 0 Å². The van der Waals surface area contributed by atoms with E-state index < -0.39 is 0 Å². The van der Waals surface area contributed by atoms with Crippen LogP contribution in [0.4, 0.5) is 0 Å². The van der Waals surface area contributed by atoms with Gasteiger partial charge in [-0.25, -0.2) is 4.99 Å². The zero-order chi connectivity index (χ0) is 19.1. The number of fused-ring (bicyclic) bond motifs is 1. The number of aromatic nitrogens is 3. The van der Waals surface area contributed by atoms with E-state index in [4.69, 9.17) is 4.74 Å². The number of hydrogen-bond acceptors (Lipinski definition) is 4. The Balaban J connectivity index is 1.63. The normalized spacial score (nSPS) is 11.6. The monoisotopic (exact) mass is 366 g/mol. The minimum atomic E-state index is 0.453. The van der Waals surface area contributed by atoms with E-state index in [0.717, 1.165) is 42.7 Å². The number of pyridine rings is 1. The Hall–Kier alpha value is -3.09. The van der Waals surface area contributed by atoms with Crippen molar-refractivity contribution in [3.05, 3.63) is 59.5 Å². The molecule has 0 radical (unpaired) electrons. The minimum absolute atomic E-state index is 0.453. The third-order valence-corrected chi connectivity index (χ3v) is 4.23. The molecule has 2 aromatic heterocycles. The van der Waals surface area contributed by atoms with Crippen LogP contribution in [0.15, 0.2) is 47.6 Å². The first-order valence-corrected chi connectivity index (χ1v) is 9.15. The summed E-state index contributed by atoms with van der Waals surface area (Å²) in [5.74, 6) is 2.49. The fourth-order valence-electron chi connectivity index (χ4n) is 2.91. The molecular weight excluding hydrogens is 340 g/mol. The smallest absolute Gasteiger partial charge is 0.191 e. The van der Waals surface area contributed by atoms with Crippen LogP contribution in [-0.4, -0.2) is 40.8 Å². The molecule has 0 amide bonds. The summed E-state index contributed by atoms with van der Waals surface area (Å²) < 4.78 is 7.40. The molecule has 0 saturated heterocycles. The van der Waals surface area contributed by atoms with E-state index in [1.807, 2.05) is 41.8 Å². The van der Waals surface area contributed by atoms with Crippen LogP contribution in [0.3, 0.4) is 0 Å². The van der Waals surface area contributed by atoms with Crippen molar-refractivity contribution in [1.82, 2.24) is 25.2 Å². The predicted molar refractivity (Wildman–Crippen MR) is 107 cm³/mol. The van der Waals surface area contributed by atoms with Gasteiger partial charge >= 0.3 is 0 Å². The molecule has 1 aromatic carbocycles. The molecule has 2 N–H and O–H groups in total. The molecule has 0 fully saturated rings. The topological polar surface area (TPSA) is 75.8 Å². The fourth-order valence-corrected chi connectivity index (χ4v) is 2.91. The second-order valence-electron chi connectivity index (χ2n) is 6.23. The van der Waals surface area contributed by atoms with Crippen LogP contribution in [0.25, 0.3) is 5.65 Å². The molecule has 3 aromatic rings. The molecule has 142 valence electrons. The number of rotatable bonds is 7. The number of guanidine groups is 1. The zero-order valence-corrected chi connectivity index (χ0v) is 16.1. The van der Waals surface area contributed by atoms with Crippen molar-refractivity contribution < 1.29 is 4.74 Å². The van der Waals surface area contributed by atoms with Crippen molar-refractivity contribution in [2.45, 2.75) is 26.8 Å². The molecule has 0 saturated carbocycles. The lowest BCUT2D eigenvalue weighted by molar-refractivity contribution is 0.409. The highest BCUT2D eigenvalue weighted by Crippen LogP contribution is 2.19. The van der Waals surface area contributed by atoms with Crippen LogP contribution < -0.4 is 15.4 Å². The van der Waals surface area contributed by atoms with Crippen LogP contribution in [0.2, 0.25) is 0 Å². The highest BCUT2D eigenvalue weighted by Gasteiger charge is 2.06. The quantitative estimate of drug-likeness (QED) is 0.496. The zero-order valence-electron chi connectivity index (χ0n) is 16.1. The molecule has 7 nitrogen and oxygen atoms in total. The Morgan fingerprint density at radius 1 is 1.19 bits per heavy atom. The molecule has 0 aliphatic rings.